The van der Waals surface area contributed by atoms with Gasteiger partial charge in [0.25, 0.3) is 0 Å². The van der Waals surface area contributed by atoms with Crippen LogP contribution in [-0.4, -0.2) is 57.1 Å². The number of ketones is 2. The summed E-state index contributed by atoms with van der Waals surface area (Å²) in [6.45, 7) is 10.6. The molecule has 0 aliphatic rings. The molecule has 0 heterocycles. The van der Waals surface area contributed by atoms with Gasteiger partial charge in [-0.3, -0.25) is 9.59 Å². The normalized spacial score (nSPS) is 8.28. The van der Waals surface area contributed by atoms with E-state index in [0.29, 0.717) is 26.1 Å². The molecule has 0 bridgehead atoms. The van der Waals surface area contributed by atoms with Gasteiger partial charge in [-0.25, -0.2) is 11.8 Å². The van der Waals surface area contributed by atoms with Crippen molar-refractivity contribution in [2.24, 2.45) is 0 Å². The van der Waals surface area contributed by atoms with Gasteiger partial charge in [0, 0.05) is 24.8 Å². The SMILES string of the molecule is CCCCO.CCCCO.CC[C-](C(C)=O)C(=O)O.CC[C-](C(C)=O)C(=O)O.[Ti+2]. The van der Waals surface area contributed by atoms with E-state index in [1.807, 2.05) is 0 Å². The van der Waals surface area contributed by atoms with E-state index in [1.165, 1.54) is 13.8 Å². The third-order valence-corrected chi connectivity index (χ3v) is 3.10. The van der Waals surface area contributed by atoms with Crippen molar-refractivity contribution in [3.05, 3.63) is 11.8 Å². The van der Waals surface area contributed by atoms with Gasteiger partial charge in [-0.2, -0.15) is 12.8 Å². The average molecular weight is 454 g/mol. The fraction of sp³-hybridized carbons (Fsp3) is 0.700. The van der Waals surface area contributed by atoms with Gasteiger partial charge in [-0.05, 0) is 26.7 Å². The van der Waals surface area contributed by atoms with Crippen molar-refractivity contribution in [3.8, 4) is 0 Å². The van der Waals surface area contributed by atoms with Crippen LogP contribution >= 0.6 is 0 Å². The molecule has 0 aromatic carbocycles. The van der Waals surface area contributed by atoms with E-state index in [-0.39, 0.29) is 45.1 Å². The molecule has 0 aliphatic carbocycles. The molecule has 0 spiro atoms. The maximum absolute atomic E-state index is 10.4. The first kappa shape index (κ1) is 38.3. The summed E-state index contributed by atoms with van der Waals surface area (Å²) in [4.78, 5) is 41.0. The number of hydrogen-bond acceptors (Lipinski definition) is 6. The summed E-state index contributed by atoms with van der Waals surface area (Å²) in [7, 11) is 0. The summed E-state index contributed by atoms with van der Waals surface area (Å²) in [6.07, 6.45) is 4.67. The minimum Gasteiger partial charge on any atom is -0.503 e. The number of hydrogen-bond donors (Lipinski definition) is 4. The number of aliphatic hydroxyl groups is 2. The molecule has 170 valence electrons. The predicted molar refractivity (Wildman–Crippen MR) is 108 cm³/mol. The van der Waals surface area contributed by atoms with Crippen LogP contribution in [0.2, 0.25) is 0 Å². The van der Waals surface area contributed by atoms with Crippen LogP contribution < -0.4 is 0 Å². The molecule has 0 fully saturated rings. The van der Waals surface area contributed by atoms with Crippen molar-refractivity contribution in [2.75, 3.05) is 13.2 Å². The minimum atomic E-state index is -1.11. The Morgan fingerprint density at radius 1 is 0.655 bits per heavy atom. The molecular formula is C20H38O8Ti. The van der Waals surface area contributed by atoms with Crippen LogP contribution in [0, 0.1) is 11.8 Å². The first-order valence-electron chi connectivity index (χ1n) is 9.43. The quantitative estimate of drug-likeness (QED) is 0.224. The molecule has 0 aliphatic heterocycles. The van der Waals surface area contributed by atoms with E-state index < -0.39 is 11.9 Å². The third-order valence-electron chi connectivity index (χ3n) is 3.10. The largest absolute Gasteiger partial charge is 2.00 e. The van der Waals surface area contributed by atoms with E-state index >= 15 is 0 Å². The average Bonchev–Trinajstić information content (AvgIpc) is 2.57. The van der Waals surface area contributed by atoms with Crippen molar-refractivity contribution < 1.29 is 61.3 Å². The van der Waals surface area contributed by atoms with Crippen LogP contribution in [0.4, 0.5) is 0 Å². The monoisotopic (exact) mass is 454 g/mol. The Kier molecular flexibility index (Phi) is 38.1. The van der Waals surface area contributed by atoms with Gasteiger partial charge in [0.05, 0.1) is 0 Å². The summed E-state index contributed by atoms with van der Waals surface area (Å²) < 4.78 is 0. The topological polar surface area (TPSA) is 149 Å². The molecule has 0 saturated carbocycles. The maximum Gasteiger partial charge on any atom is 2.00 e. The third kappa shape index (κ3) is 31.6. The van der Waals surface area contributed by atoms with E-state index in [0.717, 1.165) is 25.7 Å². The number of aliphatic carboxylic acids is 2. The Hall–Kier alpha value is -1.35. The van der Waals surface area contributed by atoms with E-state index in [4.69, 9.17) is 20.4 Å². The number of carbonyl (C=O) groups excluding carboxylic acids is 2. The number of rotatable bonds is 10. The van der Waals surface area contributed by atoms with Crippen molar-refractivity contribution in [1.29, 1.82) is 0 Å². The zero-order valence-corrected chi connectivity index (χ0v) is 20.1. The Labute approximate surface area is 190 Å². The van der Waals surface area contributed by atoms with E-state index in [1.54, 1.807) is 13.8 Å². The second-order valence-corrected chi connectivity index (χ2v) is 5.54. The Morgan fingerprint density at radius 2 is 0.897 bits per heavy atom. The second-order valence-electron chi connectivity index (χ2n) is 5.54. The van der Waals surface area contributed by atoms with Gasteiger partial charge < -0.3 is 30.0 Å². The number of carboxylic acids is 2. The molecule has 0 unspecified atom stereocenters. The van der Waals surface area contributed by atoms with Crippen LogP contribution in [0.15, 0.2) is 0 Å². The summed E-state index contributed by atoms with van der Waals surface area (Å²) in [5.74, 6) is -2.99. The Bertz CT molecular complexity index is 343. The van der Waals surface area contributed by atoms with E-state index in [9.17, 15) is 19.2 Å². The molecule has 0 rings (SSSR count). The van der Waals surface area contributed by atoms with Gasteiger partial charge in [-0.1, -0.05) is 40.5 Å². The van der Waals surface area contributed by atoms with Crippen LogP contribution in [0.1, 0.15) is 80.1 Å². The number of Topliss-reactive ketones (excluding diaryl/α,β-unsaturated/α-hetero) is 2. The van der Waals surface area contributed by atoms with Crippen LogP contribution in [0.5, 0.6) is 0 Å². The fourth-order valence-electron chi connectivity index (χ4n) is 1.42. The predicted octanol–water partition coefficient (Wildman–Crippen LogP) is 2.84. The van der Waals surface area contributed by atoms with Gasteiger partial charge >= 0.3 is 21.7 Å². The molecule has 0 saturated heterocycles. The van der Waals surface area contributed by atoms with Gasteiger partial charge in [-0.15, -0.1) is 0 Å². The van der Waals surface area contributed by atoms with Crippen molar-refractivity contribution >= 4 is 23.5 Å². The maximum atomic E-state index is 10.4. The van der Waals surface area contributed by atoms with Crippen molar-refractivity contribution in [3.63, 3.8) is 0 Å². The number of carboxylic acid groups (broad SMARTS) is 2. The van der Waals surface area contributed by atoms with Gasteiger partial charge in [0.2, 0.25) is 0 Å². The van der Waals surface area contributed by atoms with Crippen LogP contribution in [0.3, 0.4) is 0 Å². The van der Waals surface area contributed by atoms with Gasteiger partial charge in [0.1, 0.15) is 0 Å². The standard InChI is InChI=1S/2C6H9O3.2C4H10O.Ti/c2*1-3-5(4(2)7)6(8)9;2*1-2-3-4-5;/h2*3H2,1-2H3,(H,8,9);2*5H,2-4H2,1H3;/q2*-1;;;+2. The van der Waals surface area contributed by atoms with E-state index in [2.05, 4.69) is 13.8 Å². The molecule has 8 nitrogen and oxygen atoms in total. The summed E-state index contributed by atoms with van der Waals surface area (Å²) >= 11 is 0. The first-order valence-corrected chi connectivity index (χ1v) is 9.43. The summed E-state index contributed by atoms with van der Waals surface area (Å²) in [6, 6.07) is 0. The first-order chi connectivity index (χ1) is 13.0. The van der Waals surface area contributed by atoms with Gasteiger partial charge in [0.15, 0.2) is 11.9 Å². The molecule has 0 radical (unpaired) electrons. The van der Waals surface area contributed by atoms with Crippen LogP contribution in [0.25, 0.3) is 0 Å². The summed E-state index contributed by atoms with van der Waals surface area (Å²) in [5.41, 5.74) is 0. The molecule has 4 N–H and O–H groups in total. The molecule has 0 aromatic rings. The fourth-order valence-corrected chi connectivity index (χ4v) is 1.42. The Balaban J connectivity index is -0.0000000907. The molecule has 0 atom stereocenters. The number of aliphatic hydroxyl groups excluding tert-OH is 2. The minimum absolute atomic E-state index is 0. The smallest absolute Gasteiger partial charge is 0.503 e. The van der Waals surface area contributed by atoms with Crippen molar-refractivity contribution in [2.45, 2.75) is 80.1 Å². The zero-order chi connectivity index (χ0) is 23.1. The molecular weight excluding hydrogens is 416 g/mol. The number of unbranched alkanes of at least 4 members (excludes halogenated alkanes) is 2. The molecule has 0 amide bonds. The second kappa shape index (κ2) is 28.9. The van der Waals surface area contributed by atoms with Crippen molar-refractivity contribution in [1.82, 2.24) is 0 Å². The summed E-state index contributed by atoms with van der Waals surface area (Å²) in [5, 5.41) is 32.7. The molecule has 9 heteroatoms. The zero-order valence-electron chi connectivity index (χ0n) is 18.6. The Morgan fingerprint density at radius 3 is 0.897 bits per heavy atom. The molecule has 29 heavy (non-hydrogen) atoms. The van der Waals surface area contributed by atoms with Crippen LogP contribution in [-0.2, 0) is 40.9 Å². The molecule has 0 aromatic heterocycles. The number of carbonyl (C=O) groups is 4.